The molecule has 1 aliphatic heterocycles. The van der Waals surface area contributed by atoms with Crippen LogP contribution in [0.2, 0.25) is 0 Å². The molecule has 4 heteroatoms. The second kappa shape index (κ2) is 6.85. The van der Waals surface area contributed by atoms with Crippen molar-refractivity contribution in [2.75, 3.05) is 13.2 Å². The number of halogens is 1. The van der Waals surface area contributed by atoms with Crippen LogP contribution in [0.15, 0.2) is 54.6 Å². The molecule has 146 valence electrons. The summed E-state index contributed by atoms with van der Waals surface area (Å²) < 4.78 is 11.7. The Labute approximate surface area is 171 Å². The van der Waals surface area contributed by atoms with Crippen molar-refractivity contribution in [1.29, 1.82) is 0 Å². The summed E-state index contributed by atoms with van der Waals surface area (Å²) in [4.78, 5) is 0. The highest BCUT2D eigenvalue weighted by Gasteiger charge is 2.36. The Bertz CT molecular complexity index is 1110. The molecule has 0 aliphatic carbocycles. The Morgan fingerprint density at radius 1 is 0.786 bits per heavy atom. The Morgan fingerprint density at radius 3 is 2.04 bits per heavy atom. The molecule has 4 aromatic rings. The largest absolute Gasteiger partial charge is 0.349 e. The Hall–Kier alpha value is -1.91. The van der Waals surface area contributed by atoms with E-state index in [0.717, 1.165) is 6.54 Å². The number of rotatable bonds is 3. The van der Waals surface area contributed by atoms with Gasteiger partial charge in [-0.3, -0.25) is 0 Å². The first-order valence-corrected chi connectivity index (χ1v) is 9.63. The minimum atomic E-state index is -0.492. The van der Waals surface area contributed by atoms with Crippen molar-refractivity contribution in [3.8, 4) is 0 Å². The van der Waals surface area contributed by atoms with E-state index in [2.05, 4.69) is 66.8 Å². The van der Waals surface area contributed by atoms with Crippen molar-refractivity contribution in [3.05, 3.63) is 60.2 Å². The minimum Gasteiger partial charge on any atom is -0.349 e. The maximum atomic E-state index is 5.86. The van der Waals surface area contributed by atoms with Crippen LogP contribution in [-0.2, 0) is 16.0 Å². The molecule has 1 N–H and O–H groups in total. The number of ether oxygens (including phenoxy) is 2. The first-order valence-electron chi connectivity index (χ1n) is 9.63. The molecule has 1 saturated heterocycles. The maximum absolute atomic E-state index is 5.86. The average molecular weight is 396 g/mol. The summed E-state index contributed by atoms with van der Waals surface area (Å²) in [6.07, 6.45) is 0. The molecule has 5 rings (SSSR count). The molecule has 0 spiro atoms. The summed E-state index contributed by atoms with van der Waals surface area (Å²) >= 11 is 0. The lowest BCUT2D eigenvalue weighted by Gasteiger charge is -2.42. The number of hydrogen-bond donors (Lipinski definition) is 1. The standard InChI is InChI=1S/C24H25NO2.ClH/c1-23(2)26-14-24(3,15-27-23)25-13-19-10-9-18-8-7-16-5-4-6-17-11-12-20(19)22(18)21(16)17;/h4-12,25H,13-15H2,1-3H3;1H. The normalized spacial score (nSPS) is 18.5. The van der Waals surface area contributed by atoms with Crippen LogP contribution >= 0.6 is 12.4 Å². The zero-order valence-corrected chi connectivity index (χ0v) is 17.4. The van der Waals surface area contributed by atoms with Gasteiger partial charge in [-0.1, -0.05) is 54.6 Å². The zero-order chi connectivity index (χ0) is 18.6. The quantitative estimate of drug-likeness (QED) is 0.455. The Kier molecular flexibility index (Phi) is 4.75. The predicted octanol–water partition coefficient (Wildman–Crippen LogP) is 5.64. The summed E-state index contributed by atoms with van der Waals surface area (Å²) in [5.74, 6) is -0.492. The molecule has 0 radical (unpaired) electrons. The third-order valence-electron chi connectivity index (χ3n) is 5.80. The molecule has 3 nitrogen and oxygen atoms in total. The third-order valence-corrected chi connectivity index (χ3v) is 5.80. The van der Waals surface area contributed by atoms with Crippen LogP contribution in [0.4, 0.5) is 0 Å². The van der Waals surface area contributed by atoms with Crippen LogP contribution in [0.5, 0.6) is 0 Å². The van der Waals surface area contributed by atoms with E-state index in [1.807, 2.05) is 13.8 Å². The van der Waals surface area contributed by atoms with Gasteiger partial charge in [-0.25, -0.2) is 0 Å². The fourth-order valence-corrected chi connectivity index (χ4v) is 4.11. The number of hydrogen-bond acceptors (Lipinski definition) is 3. The topological polar surface area (TPSA) is 30.5 Å². The molecular weight excluding hydrogens is 370 g/mol. The molecule has 0 atom stereocenters. The molecule has 1 fully saturated rings. The van der Waals surface area contributed by atoms with Crippen LogP contribution in [-0.4, -0.2) is 24.5 Å². The summed E-state index contributed by atoms with van der Waals surface area (Å²) in [6, 6.07) is 20.0. The molecule has 4 aromatic carbocycles. The molecule has 0 unspecified atom stereocenters. The van der Waals surface area contributed by atoms with Crippen LogP contribution in [0.3, 0.4) is 0 Å². The highest BCUT2D eigenvalue weighted by Crippen LogP contribution is 2.36. The van der Waals surface area contributed by atoms with E-state index in [9.17, 15) is 0 Å². The third kappa shape index (κ3) is 3.23. The van der Waals surface area contributed by atoms with E-state index in [1.165, 1.54) is 37.9 Å². The van der Waals surface area contributed by atoms with Crippen LogP contribution < -0.4 is 5.32 Å². The van der Waals surface area contributed by atoms with Crippen molar-refractivity contribution < 1.29 is 9.47 Å². The van der Waals surface area contributed by atoms with Gasteiger partial charge in [-0.15, -0.1) is 12.4 Å². The molecule has 0 bridgehead atoms. The minimum absolute atomic E-state index is 0. The second-order valence-corrected chi connectivity index (χ2v) is 8.47. The molecule has 0 amide bonds. The van der Waals surface area contributed by atoms with Gasteiger partial charge < -0.3 is 14.8 Å². The first-order chi connectivity index (χ1) is 12.9. The lowest BCUT2D eigenvalue weighted by molar-refractivity contribution is -0.269. The Balaban J connectivity index is 0.00000192. The van der Waals surface area contributed by atoms with Gasteiger partial charge in [0, 0.05) is 6.54 Å². The van der Waals surface area contributed by atoms with Crippen molar-refractivity contribution in [2.45, 2.75) is 38.6 Å². The van der Waals surface area contributed by atoms with Gasteiger partial charge in [0.05, 0.1) is 18.8 Å². The fraction of sp³-hybridized carbons (Fsp3) is 0.333. The van der Waals surface area contributed by atoms with Gasteiger partial charge in [0.25, 0.3) is 0 Å². The molecule has 1 aliphatic rings. The van der Waals surface area contributed by atoms with Crippen molar-refractivity contribution in [1.82, 2.24) is 5.32 Å². The second-order valence-electron chi connectivity index (χ2n) is 8.47. The Morgan fingerprint density at radius 2 is 1.36 bits per heavy atom. The fourth-order valence-electron chi connectivity index (χ4n) is 4.11. The lowest BCUT2D eigenvalue weighted by atomic mass is 9.91. The van der Waals surface area contributed by atoms with Gasteiger partial charge in [0.1, 0.15) is 0 Å². The van der Waals surface area contributed by atoms with E-state index >= 15 is 0 Å². The van der Waals surface area contributed by atoms with E-state index in [0.29, 0.717) is 13.2 Å². The summed E-state index contributed by atoms with van der Waals surface area (Å²) in [6.45, 7) is 8.18. The summed E-state index contributed by atoms with van der Waals surface area (Å²) in [5, 5.41) is 11.6. The van der Waals surface area contributed by atoms with Gasteiger partial charge in [0.2, 0.25) is 0 Å². The highest BCUT2D eigenvalue weighted by atomic mass is 35.5. The number of nitrogens with one attached hydrogen (secondary N) is 1. The molecule has 1 heterocycles. The summed E-state index contributed by atoms with van der Waals surface area (Å²) in [5.41, 5.74) is 1.13. The van der Waals surface area contributed by atoms with E-state index in [4.69, 9.17) is 9.47 Å². The van der Waals surface area contributed by atoms with Crippen LogP contribution in [0, 0.1) is 0 Å². The van der Waals surface area contributed by atoms with Crippen LogP contribution in [0.1, 0.15) is 26.3 Å². The van der Waals surface area contributed by atoms with Gasteiger partial charge >= 0.3 is 0 Å². The average Bonchev–Trinajstić information content (AvgIpc) is 2.68. The smallest absolute Gasteiger partial charge is 0.162 e. The predicted molar refractivity (Wildman–Crippen MR) is 119 cm³/mol. The van der Waals surface area contributed by atoms with E-state index in [-0.39, 0.29) is 17.9 Å². The van der Waals surface area contributed by atoms with Gasteiger partial charge in [0.15, 0.2) is 5.79 Å². The van der Waals surface area contributed by atoms with Crippen LogP contribution in [0.25, 0.3) is 32.3 Å². The lowest BCUT2D eigenvalue weighted by Crippen LogP contribution is -2.57. The van der Waals surface area contributed by atoms with Gasteiger partial charge in [-0.2, -0.15) is 0 Å². The molecule has 0 aromatic heterocycles. The van der Waals surface area contributed by atoms with E-state index < -0.39 is 5.79 Å². The molecular formula is C24H26ClNO2. The van der Waals surface area contributed by atoms with Crippen molar-refractivity contribution in [3.63, 3.8) is 0 Å². The zero-order valence-electron chi connectivity index (χ0n) is 16.5. The first kappa shape index (κ1) is 19.4. The van der Waals surface area contributed by atoms with Crippen molar-refractivity contribution >= 4 is 44.7 Å². The number of benzene rings is 4. The van der Waals surface area contributed by atoms with Crippen molar-refractivity contribution in [2.24, 2.45) is 0 Å². The highest BCUT2D eigenvalue weighted by molar-refractivity contribution is 6.23. The summed E-state index contributed by atoms with van der Waals surface area (Å²) in [7, 11) is 0. The SMILES string of the molecule is CC1(NCc2ccc3ccc4cccc5ccc2c3c45)COC(C)(C)OC1.Cl. The molecule has 0 saturated carbocycles. The monoisotopic (exact) mass is 395 g/mol. The van der Waals surface area contributed by atoms with Gasteiger partial charge in [-0.05, 0) is 58.7 Å². The molecule has 28 heavy (non-hydrogen) atoms. The van der Waals surface area contributed by atoms with E-state index in [1.54, 1.807) is 0 Å². The maximum Gasteiger partial charge on any atom is 0.162 e.